The van der Waals surface area contributed by atoms with E-state index in [-0.39, 0.29) is 12.1 Å². The number of nitrogen functional groups attached to an aromatic ring is 1. The number of carbonyl (C=O) groups excluding carboxylic acids is 1. The number of anilines is 2. The van der Waals surface area contributed by atoms with Crippen LogP contribution in [0.25, 0.3) is 0 Å². The number of amides is 1. The molecule has 3 N–H and O–H groups in total. The van der Waals surface area contributed by atoms with Crippen LogP contribution in [-0.4, -0.2) is 41.7 Å². The predicted molar refractivity (Wildman–Crippen MR) is 78.9 cm³/mol. The Hall–Kier alpha value is -1.69. The Kier molecular flexibility index (Phi) is 4.89. The summed E-state index contributed by atoms with van der Waals surface area (Å²) in [5.41, 5.74) is 6.31. The number of hydrogen-bond donors (Lipinski definition) is 2. The van der Waals surface area contributed by atoms with Gasteiger partial charge in [0.2, 0.25) is 0 Å². The number of halogens is 1. The number of nitrogens with one attached hydrogen (secondary N) is 1. The summed E-state index contributed by atoms with van der Waals surface area (Å²) in [6.07, 6.45) is 1.44. The van der Waals surface area contributed by atoms with Crippen LogP contribution >= 0.6 is 11.6 Å². The molecule has 0 aliphatic carbocycles. The van der Waals surface area contributed by atoms with Crippen molar-refractivity contribution in [3.05, 3.63) is 17.3 Å². The lowest BCUT2D eigenvalue weighted by Crippen LogP contribution is -2.42. The van der Waals surface area contributed by atoms with Crippen LogP contribution in [0.15, 0.2) is 12.1 Å². The molecule has 0 spiro atoms. The van der Waals surface area contributed by atoms with Crippen molar-refractivity contribution in [1.82, 2.24) is 9.88 Å². The van der Waals surface area contributed by atoms with Crippen LogP contribution in [0.4, 0.5) is 16.3 Å². The molecule has 2 rings (SSSR count). The minimum atomic E-state index is -0.240. The molecular formula is C13H19ClN4O2. The van der Waals surface area contributed by atoms with E-state index < -0.39 is 0 Å². The molecule has 110 valence electrons. The first-order valence-corrected chi connectivity index (χ1v) is 7.07. The van der Waals surface area contributed by atoms with E-state index in [2.05, 4.69) is 10.3 Å². The van der Waals surface area contributed by atoms with Crippen molar-refractivity contribution in [3.8, 4) is 0 Å². The van der Waals surface area contributed by atoms with Crippen LogP contribution in [0, 0.1) is 0 Å². The number of carbonyl (C=O) groups is 1. The second kappa shape index (κ2) is 6.65. The molecule has 1 aromatic rings. The zero-order valence-corrected chi connectivity index (χ0v) is 12.2. The number of likely N-dealkylation sites (tertiary alicyclic amines) is 1. The average molecular weight is 299 g/mol. The summed E-state index contributed by atoms with van der Waals surface area (Å²) < 4.78 is 4.99. The Morgan fingerprint density at radius 2 is 2.25 bits per heavy atom. The van der Waals surface area contributed by atoms with Crippen LogP contribution < -0.4 is 11.1 Å². The van der Waals surface area contributed by atoms with E-state index in [9.17, 15) is 4.79 Å². The Labute approximate surface area is 123 Å². The fraction of sp³-hybridized carbons (Fsp3) is 0.538. The van der Waals surface area contributed by atoms with Gasteiger partial charge in [-0.25, -0.2) is 9.78 Å². The molecule has 0 atom stereocenters. The van der Waals surface area contributed by atoms with Crippen LogP contribution in [0.1, 0.15) is 19.8 Å². The van der Waals surface area contributed by atoms with Gasteiger partial charge < -0.3 is 20.7 Å². The van der Waals surface area contributed by atoms with Gasteiger partial charge in [0.05, 0.1) is 6.61 Å². The highest BCUT2D eigenvalue weighted by atomic mass is 35.5. The maximum Gasteiger partial charge on any atom is 0.409 e. The van der Waals surface area contributed by atoms with Crippen LogP contribution in [0.2, 0.25) is 5.15 Å². The van der Waals surface area contributed by atoms with Gasteiger partial charge in [0.25, 0.3) is 0 Å². The average Bonchev–Trinajstić information content (AvgIpc) is 2.38. The molecule has 1 aromatic heterocycles. The van der Waals surface area contributed by atoms with E-state index in [4.69, 9.17) is 22.1 Å². The van der Waals surface area contributed by atoms with Gasteiger partial charge in [-0.05, 0) is 25.8 Å². The van der Waals surface area contributed by atoms with Gasteiger partial charge in [-0.2, -0.15) is 0 Å². The highest BCUT2D eigenvalue weighted by molar-refractivity contribution is 6.29. The van der Waals surface area contributed by atoms with E-state index >= 15 is 0 Å². The zero-order valence-electron chi connectivity index (χ0n) is 11.4. The van der Waals surface area contributed by atoms with Crippen molar-refractivity contribution in [1.29, 1.82) is 0 Å². The van der Waals surface area contributed by atoms with Crippen molar-refractivity contribution in [3.63, 3.8) is 0 Å². The normalized spacial score (nSPS) is 16.0. The van der Waals surface area contributed by atoms with Gasteiger partial charge in [-0.1, -0.05) is 11.6 Å². The number of nitrogens with two attached hydrogens (primary N) is 1. The molecule has 0 unspecified atom stereocenters. The number of rotatable bonds is 3. The number of hydrogen-bond acceptors (Lipinski definition) is 5. The van der Waals surface area contributed by atoms with Crippen LogP contribution in [0.3, 0.4) is 0 Å². The maximum absolute atomic E-state index is 11.6. The summed E-state index contributed by atoms with van der Waals surface area (Å²) in [5.74, 6) is 0.671. The summed E-state index contributed by atoms with van der Waals surface area (Å²) in [4.78, 5) is 17.5. The molecule has 7 heteroatoms. The molecule has 1 aliphatic rings. The first-order valence-electron chi connectivity index (χ1n) is 6.69. The quantitative estimate of drug-likeness (QED) is 0.837. The number of ether oxygens (including phenoxy) is 1. The Morgan fingerprint density at radius 3 is 2.85 bits per heavy atom. The lowest BCUT2D eigenvalue weighted by Gasteiger charge is -2.31. The lowest BCUT2D eigenvalue weighted by molar-refractivity contribution is 0.0983. The molecule has 1 saturated heterocycles. The molecule has 0 saturated carbocycles. The van der Waals surface area contributed by atoms with Gasteiger partial charge in [0.1, 0.15) is 11.0 Å². The fourth-order valence-corrected chi connectivity index (χ4v) is 2.44. The molecule has 0 radical (unpaired) electrons. The van der Waals surface area contributed by atoms with Crippen LogP contribution in [0.5, 0.6) is 0 Å². The second-order valence-electron chi connectivity index (χ2n) is 4.71. The van der Waals surface area contributed by atoms with Gasteiger partial charge >= 0.3 is 6.09 Å². The van der Waals surface area contributed by atoms with Gasteiger partial charge in [0.15, 0.2) is 0 Å². The number of piperidine rings is 1. The van der Waals surface area contributed by atoms with E-state index in [0.29, 0.717) is 36.4 Å². The Morgan fingerprint density at radius 1 is 1.55 bits per heavy atom. The summed E-state index contributed by atoms with van der Waals surface area (Å²) in [5, 5.41) is 3.67. The van der Waals surface area contributed by atoms with Gasteiger partial charge in [-0.15, -0.1) is 0 Å². The van der Waals surface area contributed by atoms with Crippen molar-refractivity contribution >= 4 is 29.2 Å². The van der Waals surface area contributed by atoms with E-state index in [1.165, 1.54) is 0 Å². The second-order valence-corrected chi connectivity index (χ2v) is 5.10. The summed E-state index contributed by atoms with van der Waals surface area (Å²) >= 11 is 5.87. The zero-order chi connectivity index (χ0) is 14.5. The summed E-state index contributed by atoms with van der Waals surface area (Å²) in [7, 11) is 0. The molecule has 0 aromatic carbocycles. The largest absolute Gasteiger partial charge is 0.450 e. The van der Waals surface area contributed by atoms with E-state index in [1.807, 2.05) is 0 Å². The maximum atomic E-state index is 11.6. The van der Waals surface area contributed by atoms with Crippen molar-refractivity contribution in [2.45, 2.75) is 25.8 Å². The molecule has 1 fully saturated rings. The molecule has 0 bridgehead atoms. The smallest absolute Gasteiger partial charge is 0.409 e. The van der Waals surface area contributed by atoms with E-state index in [1.54, 1.807) is 24.0 Å². The highest BCUT2D eigenvalue weighted by Crippen LogP contribution is 2.20. The minimum absolute atomic E-state index is 0.240. The summed E-state index contributed by atoms with van der Waals surface area (Å²) in [6, 6.07) is 3.62. The number of nitrogens with zero attached hydrogens (tertiary/aromatic N) is 2. The van der Waals surface area contributed by atoms with E-state index in [0.717, 1.165) is 12.8 Å². The lowest BCUT2D eigenvalue weighted by atomic mass is 10.1. The van der Waals surface area contributed by atoms with Crippen LogP contribution in [-0.2, 0) is 4.74 Å². The molecular weight excluding hydrogens is 280 g/mol. The van der Waals surface area contributed by atoms with Gasteiger partial charge in [-0.3, -0.25) is 0 Å². The molecule has 1 aliphatic heterocycles. The third-order valence-corrected chi connectivity index (χ3v) is 3.38. The molecule has 20 heavy (non-hydrogen) atoms. The van der Waals surface area contributed by atoms with Crippen molar-refractivity contribution in [2.75, 3.05) is 30.7 Å². The van der Waals surface area contributed by atoms with Crippen molar-refractivity contribution < 1.29 is 9.53 Å². The molecule has 2 heterocycles. The highest BCUT2D eigenvalue weighted by Gasteiger charge is 2.23. The number of aromatic nitrogens is 1. The monoisotopic (exact) mass is 298 g/mol. The Bertz CT molecular complexity index is 455. The Balaban J connectivity index is 1.86. The number of pyridine rings is 1. The standard InChI is InChI=1S/C13H19ClN4O2/c1-2-20-13(19)18-5-3-10(4-6-18)16-12-8-9(15)7-11(14)17-12/h7-8,10H,2-6H2,1H3,(H3,15,16,17). The topological polar surface area (TPSA) is 80.5 Å². The minimum Gasteiger partial charge on any atom is -0.450 e. The first-order chi connectivity index (χ1) is 9.58. The first kappa shape index (κ1) is 14.7. The molecule has 1 amide bonds. The van der Waals surface area contributed by atoms with Gasteiger partial charge in [0, 0.05) is 30.9 Å². The SMILES string of the molecule is CCOC(=O)N1CCC(Nc2cc(N)cc(Cl)n2)CC1. The predicted octanol–water partition coefficient (Wildman–Crippen LogP) is 2.35. The fourth-order valence-electron chi connectivity index (χ4n) is 2.22. The third-order valence-electron chi connectivity index (χ3n) is 3.19. The van der Waals surface area contributed by atoms with Crippen molar-refractivity contribution in [2.24, 2.45) is 0 Å². The summed E-state index contributed by atoms with van der Waals surface area (Å²) in [6.45, 7) is 3.56. The third kappa shape index (κ3) is 3.90. The molecule has 6 nitrogen and oxygen atoms in total.